The van der Waals surface area contributed by atoms with E-state index in [1.807, 2.05) is 30.3 Å². The van der Waals surface area contributed by atoms with Crippen molar-refractivity contribution >= 4 is 27.5 Å². The zero-order valence-corrected chi connectivity index (χ0v) is 18.7. The van der Waals surface area contributed by atoms with Gasteiger partial charge in [0.1, 0.15) is 12.4 Å². The molecule has 0 fully saturated rings. The van der Waals surface area contributed by atoms with Gasteiger partial charge in [-0.25, -0.2) is 0 Å². The second-order valence-electron chi connectivity index (χ2n) is 8.65. The molecule has 0 aliphatic carbocycles. The molecule has 2 aromatic rings. The van der Waals surface area contributed by atoms with Crippen molar-refractivity contribution in [2.75, 3.05) is 0 Å². The molecule has 0 saturated heterocycles. The van der Waals surface area contributed by atoms with E-state index in [9.17, 15) is 0 Å². The van der Waals surface area contributed by atoms with Gasteiger partial charge in [-0.15, -0.1) is 0 Å². The lowest BCUT2D eigenvalue weighted by molar-refractivity contribution is 0.240. The first-order valence-corrected chi connectivity index (χ1v) is 10.1. The maximum absolute atomic E-state index is 5.92. The molecule has 0 spiro atoms. The van der Waals surface area contributed by atoms with E-state index in [2.05, 4.69) is 68.0 Å². The Morgan fingerprint density at radius 1 is 0.962 bits per heavy atom. The number of hydrogen-bond acceptors (Lipinski definition) is 2. The number of rotatable bonds is 7. The summed E-state index contributed by atoms with van der Waals surface area (Å²) >= 11 is 9.54. The van der Waals surface area contributed by atoms with E-state index in [-0.39, 0.29) is 5.54 Å². The van der Waals surface area contributed by atoms with Crippen LogP contribution in [0.25, 0.3) is 0 Å². The van der Waals surface area contributed by atoms with Gasteiger partial charge < -0.3 is 10.1 Å². The maximum atomic E-state index is 5.92. The predicted octanol–water partition coefficient (Wildman–Crippen LogP) is 6.99. The van der Waals surface area contributed by atoms with Gasteiger partial charge in [0, 0.05) is 17.1 Å². The van der Waals surface area contributed by atoms with Crippen molar-refractivity contribution in [1.82, 2.24) is 5.32 Å². The Morgan fingerprint density at radius 3 is 2.15 bits per heavy atom. The molecule has 0 bridgehead atoms. The maximum Gasteiger partial charge on any atom is 0.134 e. The second kappa shape index (κ2) is 8.77. The van der Waals surface area contributed by atoms with Crippen molar-refractivity contribution in [2.24, 2.45) is 5.41 Å². The van der Waals surface area contributed by atoms with E-state index in [1.165, 1.54) is 5.56 Å². The van der Waals surface area contributed by atoms with Gasteiger partial charge in [0.05, 0.1) is 4.47 Å². The van der Waals surface area contributed by atoms with Crippen LogP contribution in [0.1, 0.15) is 52.2 Å². The predicted molar refractivity (Wildman–Crippen MR) is 115 cm³/mol. The molecule has 0 amide bonds. The molecule has 0 aliphatic rings. The van der Waals surface area contributed by atoms with Crippen LogP contribution in [-0.4, -0.2) is 5.54 Å². The zero-order valence-electron chi connectivity index (χ0n) is 16.3. The number of halogens is 2. The van der Waals surface area contributed by atoms with Crippen LogP contribution in [0.5, 0.6) is 5.75 Å². The highest BCUT2D eigenvalue weighted by molar-refractivity contribution is 9.10. The Morgan fingerprint density at radius 2 is 1.58 bits per heavy atom. The van der Waals surface area contributed by atoms with Crippen LogP contribution in [-0.2, 0) is 13.2 Å². The van der Waals surface area contributed by atoms with Gasteiger partial charge in [0.25, 0.3) is 0 Å². The van der Waals surface area contributed by atoms with Gasteiger partial charge in [0.15, 0.2) is 0 Å². The molecule has 0 aliphatic heterocycles. The molecule has 142 valence electrons. The third-order valence-corrected chi connectivity index (χ3v) is 4.92. The topological polar surface area (TPSA) is 21.3 Å². The summed E-state index contributed by atoms with van der Waals surface area (Å²) in [7, 11) is 0. The molecule has 4 heteroatoms. The van der Waals surface area contributed by atoms with Crippen LogP contribution in [0.15, 0.2) is 46.9 Å². The van der Waals surface area contributed by atoms with Gasteiger partial charge in [-0.05, 0) is 77.0 Å². The number of benzene rings is 2. The third-order valence-electron chi connectivity index (χ3n) is 4.05. The summed E-state index contributed by atoms with van der Waals surface area (Å²) in [4.78, 5) is 0. The Bertz CT molecular complexity index is 720. The molecular formula is C22H29BrClNO. The highest BCUT2D eigenvalue weighted by Crippen LogP contribution is 2.29. The quantitative estimate of drug-likeness (QED) is 0.503. The van der Waals surface area contributed by atoms with Gasteiger partial charge in [-0.2, -0.15) is 0 Å². The van der Waals surface area contributed by atoms with Crippen molar-refractivity contribution < 1.29 is 4.74 Å². The van der Waals surface area contributed by atoms with Crippen LogP contribution >= 0.6 is 27.5 Å². The number of ether oxygens (including phenoxy) is 1. The average Bonchev–Trinajstić information content (AvgIpc) is 2.51. The van der Waals surface area contributed by atoms with Crippen LogP contribution in [0.2, 0.25) is 5.02 Å². The SMILES string of the molecule is CC(C)(C)CC(C)(C)NCc1ccc(OCc2ccc(Cl)cc2)c(Br)c1. The van der Waals surface area contributed by atoms with Crippen molar-refractivity contribution in [3.63, 3.8) is 0 Å². The third kappa shape index (κ3) is 7.30. The highest BCUT2D eigenvalue weighted by atomic mass is 79.9. The summed E-state index contributed by atoms with van der Waals surface area (Å²) in [6, 6.07) is 14.0. The molecular weight excluding hydrogens is 410 g/mol. The Labute approximate surface area is 171 Å². The standard InChI is InChI=1S/C22H29BrClNO/c1-21(2,3)15-22(4,5)25-13-17-8-11-20(19(23)12-17)26-14-16-6-9-18(24)10-7-16/h6-12,25H,13-15H2,1-5H3. The van der Waals surface area contributed by atoms with Crippen molar-refractivity contribution in [3.8, 4) is 5.75 Å². The molecule has 2 nitrogen and oxygen atoms in total. The smallest absolute Gasteiger partial charge is 0.134 e. The lowest BCUT2D eigenvalue weighted by Crippen LogP contribution is -2.41. The summed E-state index contributed by atoms with van der Waals surface area (Å²) in [5, 5.41) is 4.40. The minimum atomic E-state index is 0.0917. The Balaban J connectivity index is 1.93. The van der Waals surface area contributed by atoms with E-state index < -0.39 is 0 Å². The normalized spacial score (nSPS) is 12.3. The molecule has 2 aromatic carbocycles. The summed E-state index contributed by atoms with van der Waals surface area (Å²) in [6.07, 6.45) is 1.11. The lowest BCUT2D eigenvalue weighted by Gasteiger charge is -2.33. The molecule has 1 N–H and O–H groups in total. The molecule has 0 unspecified atom stereocenters. The van der Waals surface area contributed by atoms with Crippen molar-refractivity contribution in [3.05, 3.63) is 63.1 Å². The fourth-order valence-electron chi connectivity index (χ4n) is 3.24. The largest absolute Gasteiger partial charge is 0.488 e. The van der Waals surface area contributed by atoms with E-state index in [0.29, 0.717) is 12.0 Å². The van der Waals surface area contributed by atoms with Crippen molar-refractivity contribution in [1.29, 1.82) is 0 Å². The minimum absolute atomic E-state index is 0.0917. The molecule has 26 heavy (non-hydrogen) atoms. The first-order valence-electron chi connectivity index (χ1n) is 8.95. The molecule has 2 rings (SSSR count). The van der Waals surface area contributed by atoms with E-state index >= 15 is 0 Å². The minimum Gasteiger partial charge on any atom is -0.488 e. The van der Waals surface area contributed by atoms with Crippen LogP contribution < -0.4 is 10.1 Å². The molecule has 0 radical (unpaired) electrons. The van der Waals surface area contributed by atoms with Crippen LogP contribution in [0, 0.1) is 5.41 Å². The summed E-state index contributed by atoms with van der Waals surface area (Å²) in [5.74, 6) is 0.845. The summed E-state index contributed by atoms with van der Waals surface area (Å²) in [6.45, 7) is 12.7. The van der Waals surface area contributed by atoms with Gasteiger partial charge in [0.2, 0.25) is 0 Å². The first kappa shape index (κ1) is 21.3. The number of nitrogens with one attached hydrogen (secondary N) is 1. The van der Waals surface area contributed by atoms with E-state index in [0.717, 1.165) is 33.8 Å². The van der Waals surface area contributed by atoms with Crippen LogP contribution in [0.3, 0.4) is 0 Å². The lowest BCUT2D eigenvalue weighted by atomic mass is 9.82. The highest BCUT2D eigenvalue weighted by Gasteiger charge is 2.24. The van der Waals surface area contributed by atoms with Gasteiger partial charge in [-0.1, -0.05) is 50.6 Å². The molecule has 0 aromatic heterocycles. The average molecular weight is 439 g/mol. The Kier molecular flexibility index (Phi) is 7.18. The summed E-state index contributed by atoms with van der Waals surface area (Å²) in [5.41, 5.74) is 2.72. The van der Waals surface area contributed by atoms with Gasteiger partial charge >= 0.3 is 0 Å². The van der Waals surface area contributed by atoms with Crippen molar-refractivity contribution in [2.45, 2.75) is 59.7 Å². The van der Waals surface area contributed by atoms with Crippen LogP contribution in [0.4, 0.5) is 0 Å². The summed E-state index contributed by atoms with van der Waals surface area (Å²) < 4.78 is 6.89. The zero-order chi connectivity index (χ0) is 19.4. The first-order chi connectivity index (χ1) is 12.0. The van der Waals surface area contributed by atoms with E-state index in [4.69, 9.17) is 16.3 Å². The fraction of sp³-hybridized carbons (Fsp3) is 0.455. The number of hydrogen-bond donors (Lipinski definition) is 1. The second-order valence-corrected chi connectivity index (χ2v) is 9.95. The monoisotopic (exact) mass is 437 g/mol. The molecule has 0 atom stereocenters. The molecule has 0 saturated carbocycles. The van der Waals surface area contributed by atoms with E-state index in [1.54, 1.807) is 0 Å². The van der Waals surface area contributed by atoms with Gasteiger partial charge in [-0.3, -0.25) is 0 Å². The Hall–Kier alpha value is -1.03. The fourth-order valence-corrected chi connectivity index (χ4v) is 3.91. The molecule has 0 heterocycles.